The van der Waals surface area contributed by atoms with Crippen LogP contribution >= 0.6 is 0 Å². The van der Waals surface area contributed by atoms with E-state index in [1.165, 1.54) is 87.6 Å². The largest absolute Gasteiger partial charge is 0.0616 e. The van der Waals surface area contributed by atoms with Crippen molar-refractivity contribution in [2.24, 2.45) is 0 Å². The third kappa shape index (κ3) is 6.81. The monoisotopic (exact) mass is 696 g/mol. The van der Waals surface area contributed by atoms with Crippen molar-refractivity contribution in [3.05, 3.63) is 193 Å². The minimum Gasteiger partial charge on any atom is -0.0616 e. The molecule has 0 heterocycles. The Morgan fingerprint density at radius 1 is 0.278 bits per heavy atom. The fraction of sp³-hybridized carbons (Fsp3) is 0.148. The van der Waals surface area contributed by atoms with E-state index in [-0.39, 0.29) is 10.8 Å². The van der Waals surface area contributed by atoms with Crippen LogP contribution < -0.4 is 0 Å². The number of benzene rings is 9. The van der Waals surface area contributed by atoms with E-state index in [1.54, 1.807) is 0 Å². The lowest BCUT2D eigenvalue weighted by Gasteiger charge is -2.21. The SMILES string of the molecule is CC(C)(C)c1ccc(-c2c3ccccc3c(-c3cccc4ccccc34)c3ccccc23)cc1.CC(C)(C)c1ccc(-c2ccc3ccccc3c2)cc1. The molecular weight excluding hydrogens is 649 g/mol. The van der Waals surface area contributed by atoms with Crippen LogP contribution in [0, 0.1) is 0 Å². The highest BCUT2D eigenvalue weighted by Crippen LogP contribution is 2.45. The van der Waals surface area contributed by atoms with Crippen molar-refractivity contribution < 1.29 is 0 Å². The zero-order valence-electron chi connectivity index (χ0n) is 32.3. The van der Waals surface area contributed by atoms with E-state index in [4.69, 9.17) is 0 Å². The third-order valence-corrected chi connectivity index (χ3v) is 10.9. The van der Waals surface area contributed by atoms with Gasteiger partial charge in [-0.1, -0.05) is 217 Å². The number of hydrogen-bond donors (Lipinski definition) is 0. The summed E-state index contributed by atoms with van der Waals surface area (Å²) in [6.45, 7) is 13.6. The molecule has 0 unspecified atom stereocenters. The molecule has 264 valence electrons. The molecule has 0 N–H and O–H groups in total. The van der Waals surface area contributed by atoms with Crippen molar-refractivity contribution >= 4 is 43.1 Å². The predicted octanol–water partition coefficient (Wildman–Crippen LogP) is 15.6. The zero-order valence-corrected chi connectivity index (χ0v) is 32.3. The van der Waals surface area contributed by atoms with Crippen LogP contribution in [0.2, 0.25) is 0 Å². The Morgan fingerprint density at radius 2 is 0.685 bits per heavy atom. The second-order valence-corrected chi connectivity index (χ2v) is 16.6. The molecule has 0 aliphatic heterocycles. The smallest absolute Gasteiger partial charge is 0.00201 e. The minimum atomic E-state index is 0.140. The first-order valence-corrected chi connectivity index (χ1v) is 19.2. The zero-order chi connectivity index (χ0) is 37.5. The quantitative estimate of drug-likeness (QED) is 0.161. The molecule has 9 aromatic carbocycles. The molecule has 0 fully saturated rings. The molecule has 0 spiro atoms. The average Bonchev–Trinajstić information content (AvgIpc) is 3.19. The van der Waals surface area contributed by atoms with Crippen LogP contribution in [0.15, 0.2) is 182 Å². The van der Waals surface area contributed by atoms with Crippen LogP contribution in [-0.2, 0) is 10.8 Å². The van der Waals surface area contributed by atoms with Crippen molar-refractivity contribution in [1.29, 1.82) is 0 Å². The lowest BCUT2D eigenvalue weighted by Crippen LogP contribution is -2.10. The molecule has 0 heteroatoms. The van der Waals surface area contributed by atoms with Crippen LogP contribution in [0.4, 0.5) is 0 Å². The molecule has 0 nitrogen and oxygen atoms in total. The van der Waals surface area contributed by atoms with Gasteiger partial charge in [-0.25, -0.2) is 0 Å². The van der Waals surface area contributed by atoms with E-state index in [0.717, 1.165) is 0 Å². The number of fused-ring (bicyclic) bond motifs is 4. The van der Waals surface area contributed by atoms with Gasteiger partial charge in [-0.05, 0) is 104 Å². The van der Waals surface area contributed by atoms with Crippen LogP contribution in [-0.4, -0.2) is 0 Å². The highest BCUT2D eigenvalue weighted by Gasteiger charge is 2.19. The normalized spacial score (nSPS) is 11.9. The van der Waals surface area contributed by atoms with Crippen molar-refractivity contribution in [3.8, 4) is 33.4 Å². The Hall–Kier alpha value is -5.98. The van der Waals surface area contributed by atoms with Gasteiger partial charge in [0, 0.05) is 0 Å². The molecule has 0 amide bonds. The van der Waals surface area contributed by atoms with Gasteiger partial charge >= 0.3 is 0 Å². The molecule has 0 saturated carbocycles. The maximum atomic E-state index is 2.30. The van der Waals surface area contributed by atoms with E-state index in [1.807, 2.05) is 0 Å². The fourth-order valence-electron chi connectivity index (χ4n) is 7.84. The van der Waals surface area contributed by atoms with Crippen LogP contribution in [0.3, 0.4) is 0 Å². The highest BCUT2D eigenvalue weighted by atomic mass is 14.2. The maximum Gasteiger partial charge on any atom is -0.00201 e. The van der Waals surface area contributed by atoms with Crippen molar-refractivity contribution in [3.63, 3.8) is 0 Å². The summed E-state index contributed by atoms with van der Waals surface area (Å²) >= 11 is 0. The summed E-state index contributed by atoms with van der Waals surface area (Å²) in [6, 6.07) is 66.4. The molecule has 0 bridgehead atoms. The first-order chi connectivity index (χ1) is 26.1. The Morgan fingerprint density at radius 3 is 1.22 bits per heavy atom. The highest BCUT2D eigenvalue weighted by molar-refractivity contribution is 6.23. The second kappa shape index (κ2) is 14.1. The van der Waals surface area contributed by atoms with E-state index in [2.05, 4.69) is 224 Å². The first-order valence-electron chi connectivity index (χ1n) is 19.2. The number of hydrogen-bond acceptors (Lipinski definition) is 0. The molecule has 0 aromatic heterocycles. The Labute approximate surface area is 320 Å². The molecule has 54 heavy (non-hydrogen) atoms. The summed E-state index contributed by atoms with van der Waals surface area (Å²) in [4.78, 5) is 0. The minimum absolute atomic E-state index is 0.140. The van der Waals surface area contributed by atoms with E-state index < -0.39 is 0 Å². The first kappa shape index (κ1) is 35.1. The molecule has 0 aliphatic rings. The molecular formula is C54H48. The van der Waals surface area contributed by atoms with Gasteiger partial charge < -0.3 is 0 Å². The van der Waals surface area contributed by atoms with Crippen LogP contribution in [0.25, 0.3) is 76.5 Å². The maximum absolute atomic E-state index is 2.30. The Bertz CT molecular complexity index is 2690. The van der Waals surface area contributed by atoms with Gasteiger partial charge in [-0.15, -0.1) is 0 Å². The Balaban J connectivity index is 0.000000176. The lowest BCUT2D eigenvalue weighted by atomic mass is 9.83. The lowest BCUT2D eigenvalue weighted by molar-refractivity contribution is 0.590. The van der Waals surface area contributed by atoms with Gasteiger partial charge in [0.25, 0.3) is 0 Å². The van der Waals surface area contributed by atoms with Crippen molar-refractivity contribution in [1.82, 2.24) is 0 Å². The van der Waals surface area contributed by atoms with Gasteiger partial charge in [-0.3, -0.25) is 0 Å². The molecule has 9 aromatic rings. The van der Waals surface area contributed by atoms with Gasteiger partial charge in [0.15, 0.2) is 0 Å². The summed E-state index contributed by atoms with van der Waals surface area (Å²) in [5.41, 5.74) is 10.8. The average molecular weight is 697 g/mol. The van der Waals surface area contributed by atoms with Gasteiger partial charge in [0.1, 0.15) is 0 Å². The van der Waals surface area contributed by atoms with Crippen molar-refractivity contribution in [2.75, 3.05) is 0 Å². The van der Waals surface area contributed by atoms with Gasteiger partial charge in [0.05, 0.1) is 0 Å². The van der Waals surface area contributed by atoms with Gasteiger partial charge in [-0.2, -0.15) is 0 Å². The summed E-state index contributed by atoms with van der Waals surface area (Å²) in [5, 5.41) is 10.4. The van der Waals surface area contributed by atoms with E-state index >= 15 is 0 Å². The second-order valence-electron chi connectivity index (χ2n) is 16.6. The molecule has 0 atom stereocenters. The number of rotatable bonds is 3. The molecule has 0 aliphatic carbocycles. The fourth-order valence-corrected chi connectivity index (χ4v) is 7.84. The summed E-state index contributed by atoms with van der Waals surface area (Å²) in [6.07, 6.45) is 0. The van der Waals surface area contributed by atoms with Crippen LogP contribution in [0.1, 0.15) is 52.7 Å². The standard InChI is InChI=1S/C34H28.C20H20/c1-34(2,3)25-21-19-24(20-22-25)32-28-14-6-8-16-30(28)33(31-17-9-7-15-29(31)32)27-18-10-12-23-11-4-5-13-26(23)27;1-20(2,3)19-12-10-16(11-13-19)18-9-8-15-6-4-5-7-17(15)14-18/h4-22H,1-3H3;4-14H,1-3H3. The van der Waals surface area contributed by atoms with Crippen molar-refractivity contribution in [2.45, 2.75) is 52.4 Å². The summed E-state index contributed by atoms with van der Waals surface area (Å²) < 4.78 is 0. The topological polar surface area (TPSA) is 0 Å². The van der Waals surface area contributed by atoms with E-state index in [9.17, 15) is 0 Å². The van der Waals surface area contributed by atoms with Gasteiger partial charge in [0.2, 0.25) is 0 Å². The summed E-state index contributed by atoms with van der Waals surface area (Å²) in [7, 11) is 0. The van der Waals surface area contributed by atoms with Crippen LogP contribution in [0.5, 0.6) is 0 Å². The molecule has 0 saturated heterocycles. The van der Waals surface area contributed by atoms with E-state index in [0.29, 0.717) is 0 Å². The molecule has 9 rings (SSSR count). The Kier molecular flexibility index (Phi) is 9.16. The summed E-state index contributed by atoms with van der Waals surface area (Å²) in [5.74, 6) is 0. The predicted molar refractivity (Wildman–Crippen MR) is 237 cm³/mol. The molecule has 0 radical (unpaired) electrons. The third-order valence-electron chi connectivity index (χ3n) is 10.9.